The van der Waals surface area contributed by atoms with Crippen LogP contribution in [0.5, 0.6) is 0 Å². The van der Waals surface area contributed by atoms with Gasteiger partial charge in [0, 0.05) is 24.2 Å². The number of carbonyl (C=O) groups excluding carboxylic acids is 1. The topological polar surface area (TPSA) is 105 Å². The van der Waals surface area contributed by atoms with E-state index in [9.17, 15) is 17.6 Å². The molecule has 1 fully saturated rings. The molecule has 1 saturated carbocycles. The van der Waals surface area contributed by atoms with Gasteiger partial charge in [-0.15, -0.1) is 5.10 Å². The van der Waals surface area contributed by atoms with Gasteiger partial charge in [0.05, 0.1) is 4.90 Å². The second-order valence-electron chi connectivity index (χ2n) is 6.65. The van der Waals surface area contributed by atoms with Gasteiger partial charge in [-0.2, -0.15) is 4.31 Å². The first-order valence-corrected chi connectivity index (χ1v) is 10.3. The number of amides is 1. The molecule has 150 valence electrons. The lowest BCUT2D eigenvalue weighted by Gasteiger charge is -2.16. The first-order chi connectivity index (χ1) is 13.8. The molecule has 0 spiro atoms. The maximum Gasteiger partial charge on any atom is 0.322 e. The summed E-state index contributed by atoms with van der Waals surface area (Å²) in [5.74, 6) is -0.933. The summed E-state index contributed by atoms with van der Waals surface area (Å²) in [5, 5.41) is 9.94. The molecule has 4 rings (SSSR count). The monoisotopic (exact) mass is 416 g/mol. The number of nitrogens with one attached hydrogen (secondary N) is 1. The second kappa shape index (κ2) is 7.37. The van der Waals surface area contributed by atoms with Gasteiger partial charge in [-0.25, -0.2) is 12.8 Å². The van der Waals surface area contributed by atoms with Crippen LogP contribution in [0.3, 0.4) is 0 Å². The number of hydrogen-bond acceptors (Lipinski definition) is 6. The normalized spacial score (nSPS) is 14.2. The van der Waals surface area contributed by atoms with Crippen LogP contribution >= 0.6 is 0 Å². The number of anilines is 1. The van der Waals surface area contributed by atoms with Gasteiger partial charge in [-0.3, -0.25) is 10.1 Å². The fraction of sp³-hybridized carbons (Fsp3) is 0.211. The summed E-state index contributed by atoms with van der Waals surface area (Å²) < 4.78 is 45.0. The van der Waals surface area contributed by atoms with Crippen LogP contribution in [0.15, 0.2) is 57.8 Å². The number of hydrogen-bond donors (Lipinski definition) is 1. The van der Waals surface area contributed by atoms with E-state index in [0.717, 1.165) is 12.8 Å². The Hall–Kier alpha value is -3.11. The van der Waals surface area contributed by atoms with Gasteiger partial charge in [0.15, 0.2) is 0 Å². The van der Waals surface area contributed by atoms with Crippen molar-refractivity contribution < 1.29 is 22.0 Å². The zero-order valence-corrected chi connectivity index (χ0v) is 16.2. The number of carbonyl (C=O) groups is 1. The highest BCUT2D eigenvalue weighted by atomic mass is 32.2. The first kappa shape index (κ1) is 19.2. The summed E-state index contributed by atoms with van der Waals surface area (Å²) >= 11 is 0. The van der Waals surface area contributed by atoms with Crippen LogP contribution in [0, 0.1) is 5.82 Å². The Morgan fingerprint density at radius 3 is 2.55 bits per heavy atom. The third-order valence-electron chi connectivity index (χ3n) is 4.57. The summed E-state index contributed by atoms with van der Waals surface area (Å²) in [6.07, 6.45) is 1.72. The highest BCUT2D eigenvalue weighted by molar-refractivity contribution is 7.89. The Bertz CT molecular complexity index is 1160. The number of benzene rings is 2. The average molecular weight is 416 g/mol. The molecule has 1 heterocycles. The lowest BCUT2D eigenvalue weighted by molar-refractivity contribution is 0.102. The number of halogens is 1. The molecule has 29 heavy (non-hydrogen) atoms. The van der Waals surface area contributed by atoms with Gasteiger partial charge in [-0.1, -0.05) is 11.2 Å². The molecule has 1 amide bonds. The zero-order chi connectivity index (χ0) is 20.6. The van der Waals surface area contributed by atoms with Crippen LogP contribution in [0.4, 0.5) is 10.4 Å². The van der Waals surface area contributed by atoms with Crippen LogP contribution in [-0.4, -0.2) is 41.9 Å². The summed E-state index contributed by atoms with van der Waals surface area (Å²) in [6.45, 7) is 0. The summed E-state index contributed by atoms with van der Waals surface area (Å²) in [5.41, 5.74) is 0.607. The lowest BCUT2D eigenvalue weighted by atomic mass is 10.2. The summed E-state index contributed by atoms with van der Waals surface area (Å²) in [4.78, 5) is 12.5. The zero-order valence-electron chi connectivity index (χ0n) is 15.4. The molecular formula is C19H17FN4O4S. The predicted molar refractivity (Wildman–Crippen MR) is 102 cm³/mol. The number of sulfonamides is 1. The van der Waals surface area contributed by atoms with Crippen molar-refractivity contribution in [3.63, 3.8) is 0 Å². The van der Waals surface area contributed by atoms with Crippen molar-refractivity contribution in [3.8, 4) is 11.5 Å². The van der Waals surface area contributed by atoms with Crippen LogP contribution in [0.2, 0.25) is 0 Å². The maximum absolute atomic E-state index is 13.3. The molecular weight excluding hydrogens is 399 g/mol. The van der Waals surface area contributed by atoms with Crippen molar-refractivity contribution in [1.29, 1.82) is 0 Å². The largest absolute Gasteiger partial charge is 0.403 e. The standard InChI is InChI=1S/C19H17FN4O4S/c1-24(15-7-8-15)29(26,27)16-9-5-12(6-10-16)17(25)21-19-23-22-18(28-19)13-3-2-4-14(20)11-13/h2-6,9-11,15H,7-8H2,1H3,(H,21,23,25). The fourth-order valence-corrected chi connectivity index (χ4v) is 4.18. The predicted octanol–water partition coefficient (Wildman–Crippen LogP) is 2.91. The van der Waals surface area contributed by atoms with E-state index in [-0.39, 0.29) is 28.4 Å². The molecule has 0 saturated heterocycles. The minimum atomic E-state index is -3.58. The molecule has 0 unspecified atom stereocenters. The Labute approximate surface area is 166 Å². The third kappa shape index (κ3) is 4.03. The van der Waals surface area contributed by atoms with Crippen LogP contribution in [0.25, 0.3) is 11.5 Å². The van der Waals surface area contributed by atoms with E-state index >= 15 is 0 Å². The Morgan fingerprint density at radius 2 is 1.90 bits per heavy atom. The number of rotatable bonds is 6. The van der Waals surface area contributed by atoms with E-state index in [0.29, 0.717) is 5.56 Å². The van der Waals surface area contributed by atoms with Gasteiger partial charge >= 0.3 is 6.01 Å². The maximum atomic E-state index is 13.3. The first-order valence-electron chi connectivity index (χ1n) is 8.83. The number of aromatic nitrogens is 2. The van der Waals surface area contributed by atoms with E-state index in [2.05, 4.69) is 15.5 Å². The molecule has 3 aromatic rings. The van der Waals surface area contributed by atoms with Crippen molar-refractivity contribution in [2.45, 2.75) is 23.8 Å². The molecule has 1 aromatic heterocycles. The minimum absolute atomic E-state index is 0.0489. The van der Waals surface area contributed by atoms with Crippen molar-refractivity contribution in [3.05, 3.63) is 59.9 Å². The lowest BCUT2D eigenvalue weighted by Crippen LogP contribution is -2.29. The highest BCUT2D eigenvalue weighted by Gasteiger charge is 2.35. The highest BCUT2D eigenvalue weighted by Crippen LogP contribution is 2.30. The van der Waals surface area contributed by atoms with Crippen molar-refractivity contribution in [1.82, 2.24) is 14.5 Å². The van der Waals surface area contributed by atoms with Gasteiger partial charge in [0.25, 0.3) is 5.91 Å². The van der Waals surface area contributed by atoms with Crippen LogP contribution < -0.4 is 5.32 Å². The van der Waals surface area contributed by atoms with Gasteiger partial charge in [0.2, 0.25) is 15.9 Å². The van der Waals surface area contributed by atoms with E-state index in [1.165, 1.54) is 46.8 Å². The van der Waals surface area contributed by atoms with E-state index in [1.807, 2.05) is 0 Å². The molecule has 0 atom stereocenters. The average Bonchev–Trinajstić information content (AvgIpc) is 3.46. The summed E-state index contributed by atoms with van der Waals surface area (Å²) in [6, 6.07) is 11.1. The number of nitrogens with zero attached hydrogens (tertiary/aromatic N) is 3. The molecule has 0 radical (unpaired) electrons. The Kier molecular flexibility index (Phi) is 4.89. The molecule has 0 bridgehead atoms. The van der Waals surface area contributed by atoms with Crippen molar-refractivity contribution >= 4 is 21.9 Å². The van der Waals surface area contributed by atoms with E-state index in [4.69, 9.17) is 4.42 Å². The molecule has 10 heteroatoms. The van der Waals surface area contributed by atoms with Gasteiger partial charge < -0.3 is 4.42 Å². The molecule has 8 nitrogen and oxygen atoms in total. The molecule has 2 aromatic carbocycles. The van der Waals surface area contributed by atoms with Gasteiger partial charge in [-0.05, 0) is 55.3 Å². The molecule has 1 N–H and O–H groups in total. The Balaban J connectivity index is 1.46. The van der Waals surface area contributed by atoms with Crippen molar-refractivity contribution in [2.24, 2.45) is 0 Å². The van der Waals surface area contributed by atoms with Gasteiger partial charge in [0.1, 0.15) is 5.82 Å². The molecule has 1 aliphatic carbocycles. The van der Waals surface area contributed by atoms with Crippen LogP contribution in [-0.2, 0) is 10.0 Å². The second-order valence-corrected chi connectivity index (χ2v) is 8.65. The summed E-state index contributed by atoms with van der Waals surface area (Å²) in [7, 11) is -2.02. The fourth-order valence-electron chi connectivity index (χ4n) is 2.76. The van der Waals surface area contributed by atoms with Crippen molar-refractivity contribution in [2.75, 3.05) is 12.4 Å². The molecule has 1 aliphatic rings. The third-order valence-corrected chi connectivity index (χ3v) is 6.50. The van der Waals surface area contributed by atoms with Crippen LogP contribution in [0.1, 0.15) is 23.2 Å². The quantitative estimate of drug-likeness (QED) is 0.662. The Morgan fingerprint density at radius 1 is 1.17 bits per heavy atom. The SMILES string of the molecule is CN(C1CC1)S(=O)(=O)c1ccc(C(=O)Nc2nnc(-c3cccc(F)c3)o2)cc1. The smallest absolute Gasteiger partial charge is 0.322 e. The minimum Gasteiger partial charge on any atom is -0.403 e. The van der Waals surface area contributed by atoms with E-state index in [1.54, 1.807) is 13.1 Å². The van der Waals surface area contributed by atoms with E-state index < -0.39 is 21.7 Å². The molecule has 0 aliphatic heterocycles.